The highest BCUT2D eigenvalue weighted by Crippen LogP contribution is 2.17. The first-order valence-corrected chi connectivity index (χ1v) is 6.21. The van der Waals surface area contributed by atoms with E-state index in [2.05, 4.69) is 42.6 Å². The van der Waals surface area contributed by atoms with Gasteiger partial charge in [0.1, 0.15) is 0 Å². The Morgan fingerprint density at radius 2 is 2.19 bits per heavy atom. The van der Waals surface area contributed by atoms with Crippen molar-refractivity contribution < 1.29 is 4.74 Å². The molecule has 0 saturated carbocycles. The van der Waals surface area contributed by atoms with Crippen LogP contribution in [0, 0.1) is 5.92 Å². The van der Waals surface area contributed by atoms with E-state index in [0.717, 1.165) is 19.8 Å². The number of nitrogens with one attached hydrogen (secondary N) is 1. The largest absolute Gasteiger partial charge is 0.381 e. The fourth-order valence-corrected chi connectivity index (χ4v) is 2.20. The number of rotatable bonds is 4. The summed E-state index contributed by atoms with van der Waals surface area (Å²) in [5, 5.41) is 3.59. The second kappa shape index (κ2) is 6.02. The summed E-state index contributed by atoms with van der Waals surface area (Å²) in [6, 6.07) is 11.1. The van der Waals surface area contributed by atoms with Crippen LogP contribution in [0.1, 0.15) is 25.3 Å². The average Bonchev–Trinajstić information content (AvgIpc) is 2.38. The molecule has 1 N–H and O–H groups in total. The lowest BCUT2D eigenvalue weighted by molar-refractivity contribution is 0.0417. The Kier molecular flexibility index (Phi) is 4.37. The van der Waals surface area contributed by atoms with Crippen LogP contribution in [-0.2, 0) is 11.3 Å². The molecule has 0 radical (unpaired) electrons. The van der Waals surface area contributed by atoms with Crippen LogP contribution in [0.5, 0.6) is 0 Å². The zero-order valence-corrected chi connectivity index (χ0v) is 9.99. The monoisotopic (exact) mass is 219 g/mol. The molecule has 2 rings (SSSR count). The van der Waals surface area contributed by atoms with Crippen LogP contribution in [0.15, 0.2) is 30.3 Å². The van der Waals surface area contributed by atoms with E-state index in [1.54, 1.807) is 0 Å². The fourth-order valence-electron chi connectivity index (χ4n) is 2.20. The zero-order chi connectivity index (χ0) is 11.2. The Morgan fingerprint density at radius 3 is 2.88 bits per heavy atom. The predicted molar refractivity (Wildman–Crippen MR) is 66.3 cm³/mol. The molecule has 2 unspecified atom stereocenters. The summed E-state index contributed by atoms with van der Waals surface area (Å²) in [6.07, 6.45) is 2.50. The van der Waals surface area contributed by atoms with Gasteiger partial charge in [-0.2, -0.15) is 0 Å². The van der Waals surface area contributed by atoms with Crippen LogP contribution >= 0.6 is 0 Å². The summed E-state index contributed by atoms with van der Waals surface area (Å²) in [7, 11) is 0. The minimum atomic E-state index is 0.542. The molecule has 1 heterocycles. The van der Waals surface area contributed by atoms with Crippen molar-refractivity contribution in [1.29, 1.82) is 0 Å². The molecule has 2 nitrogen and oxygen atoms in total. The van der Waals surface area contributed by atoms with Gasteiger partial charge in [-0.05, 0) is 31.2 Å². The van der Waals surface area contributed by atoms with Crippen LogP contribution < -0.4 is 5.32 Å². The molecule has 1 aromatic carbocycles. The number of hydrogen-bond acceptors (Lipinski definition) is 2. The molecule has 0 aromatic heterocycles. The SMILES string of the molecule is CC(NCc1ccccc1)C1CCCOC1. The summed E-state index contributed by atoms with van der Waals surface area (Å²) >= 11 is 0. The van der Waals surface area contributed by atoms with E-state index < -0.39 is 0 Å². The van der Waals surface area contributed by atoms with Crippen molar-refractivity contribution in [3.63, 3.8) is 0 Å². The summed E-state index contributed by atoms with van der Waals surface area (Å²) in [4.78, 5) is 0. The minimum absolute atomic E-state index is 0.542. The maximum Gasteiger partial charge on any atom is 0.0509 e. The van der Waals surface area contributed by atoms with Gasteiger partial charge in [0.2, 0.25) is 0 Å². The van der Waals surface area contributed by atoms with Gasteiger partial charge in [-0.3, -0.25) is 0 Å². The molecular formula is C14H21NO. The maximum atomic E-state index is 5.52. The van der Waals surface area contributed by atoms with Gasteiger partial charge in [-0.25, -0.2) is 0 Å². The van der Waals surface area contributed by atoms with Gasteiger partial charge in [0.15, 0.2) is 0 Å². The number of benzene rings is 1. The third-order valence-corrected chi connectivity index (χ3v) is 3.37. The maximum absolute atomic E-state index is 5.52. The highest BCUT2D eigenvalue weighted by atomic mass is 16.5. The third kappa shape index (κ3) is 3.32. The molecule has 1 aliphatic rings. The van der Waals surface area contributed by atoms with Gasteiger partial charge in [-0.1, -0.05) is 30.3 Å². The molecule has 1 fully saturated rings. The third-order valence-electron chi connectivity index (χ3n) is 3.37. The molecule has 2 atom stereocenters. The van der Waals surface area contributed by atoms with Crippen LogP contribution in [-0.4, -0.2) is 19.3 Å². The van der Waals surface area contributed by atoms with Gasteiger partial charge in [-0.15, -0.1) is 0 Å². The Hall–Kier alpha value is -0.860. The molecule has 1 aromatic rings. The zero-order valence-electron chi connectivity index (χ0n) is 9.99. The first-order chi connectivity index (χ1) is 7.86. The lowest BCUT2D eigenvalue weighted by atomic mass is 9.95. The molecular weight excluding hydrogens is 198 g/mol. The lowest BCUT2D eigenvalue weighted by Gasteiger charge is -2.28. The van der Waals surface area contributed by atoms with E-state index in [4.69, 9.17) is 4.74 Å². The van der Waals surface area contributed by atoms with Gasteiger partial charge in [0.05, 0.1) is 6.61 Å². The minimum Gasteiger partial charge on any atom is -0.381 e. The summed E-state index contributed by atoms with van der Waals surface area (Å²) in [5.41, 5.74) is 1.35. The Bertz CT molecular complexity index is 293. The topological polar surface area (TPSA) is 21.3 Å². The molecule has 0 spiro atoms. The normalized spacial score (nSPS) is 22.9. The predicted octanol–water partition coefficient (Wildman–Crippen LogP) is 2.59. The first-order valence-electron chi connectivity index (χ1n) is 6.21. The van der Waals surface area contributed by atoms with Crippen molar-refractivity contribution in [3.05, 3.63) is 35.9 Å². The van der Waals surface area contributed by atoms with Gasteiger partial charge in [0, 0.05) is 19.2 Å². The van der Waals surface area contributed by atoms with E-state index in [1.807, 2.05) is 0 Å². The van der Waals surface area contributed by atoms with E-state index >= 15 is 0 Å². The summed E-state index contributed by atoms with van der Waals surface area (Å²) in [6.45, 7) is 5.09. The quantitative estimate of drug-likeness (QED) is 0.840. The van der Waals surface area contributed by atoms with Crippen molar-refractivity contribution in [3.8, 4) is 0 Å². The van der Waals surface area contributed by atoms with Crippen molar-refractivity contribution in [2.24, 2.45) is 5.92 Å². The molecule has 2 heteroatoms. The highest BCUT2D eigenvalue weighted by Gasteiger charge is 2.19. The number of ether oxygens (including phenoxy) is 1. The van der Waals surface area contributed by atoms with Crippen molar-refractivity contribution in [2.75, 3.05) is 13.2 Å². The van der Waals surface area contributed by atoms with Crippen LogP contribution in [0.4, 0.5) is 0 Å². The molecule has 1 aliphatic heterocycles. The van der Waals surface area contributed by atoms with Crippen LogP contribution in [0.25, 0.3) is 0 Å². The van der Waals surface area contributed by atoms with Crippen molar-refractivity contribution >= 4 is 0 Å². The lowest BCUT2D eigenvalue weighted by Crippen LogP contribution is -2.37. The second-order valence-electron chi connectivity index (χ2n) is 4.63. The smallest absolute Gasteiger partial charge is 0.0509 e. The average molecular weight is 219 g/mol. The molecule has 0 bridgehead atoms. The van der Waals surface area contributed by atoms with E-state index in [0.29, 0.717) is 12.0 Å². The fraction of sp³-hybridized carbons (Fsp3) is 0.571. The van der Waals surface area contributed by atoms with E-state index in [-0.39, 0.29) is 0 Å². The Labute approximate surface area is 98.0 Å². The van der Waals surface area contributed by atoms with Gasteiger partial charge >= 0.3 is 0 Å². The van der Waals surface area contributed by atoms with Crippen molar-refractivity contribution in [1.82, 2.24) is 5.32 Å². The molecule has 1 saturated heterocycles. The summed E-state index contributed by atoms with van der Waals surface area (Å²) < 4.78 is 5.52. The highest BCUT2D eigenvalue weighted by molar-refractivity contribution is 5.14. The first kappa shape index (κ1) is 11.6. The van der Waals surface area contributed by atoms with Gasteiger partial charge in [0.25, 0.3) is 0 Å². The van der Waals surface area contributed by atoms with E-state index in [1.165, 1.54) is 18.4 Å². The summed E-state index contributed by atoms with van der Waals surface area (Å²) in [5.74, 6) is 0.678. The van der Waals surface area contributed by atoms with E-state index in [9.17, 15) is 0 Å². The van der Waals surface area contributed by atoms with Gasteiger partial charge < -0.3 is 10.1 Å². The molecule has 0 amide bonds. The molecule has 16 heavy (non-hydrogen) atoms. The van der Waals surface area contributed by atoms with Crippen LogP contribution in [0.2, 0.25) is 0 Å². The second-order valence-corrected chi connectivity index (χ2v) is 4.63. The molecule has 88 valence electrons. The number of hydrogen-bond donors (Lipinski definition) is 1. The van der Waals surface area contributed by atoms with Crippen molar-refractivity contribution in [2.45, 2.75) is 32.4 Å². The Balaban J connectivity index is 1.76. The standard InChI is InChI=1S/C14H21NO/c1-12(14-8-5-9-16-11-14)15-10-13-6-3-2-4-7-13/h2-4,6-7,12,14-15H,5,8-11H2,1H3. The van der Waals surface area contributed by atoms with Crippen LogP contribution in [0.3, 0.4) is 0 Å². The molecule has 0 aliphatic carbocycles. The Morgan fingerprint density at radius 1 is 1.38 bits per heavy atom.